The van der Waals surface area contributed by atoms with Crippen molar-refractivity contribution >= 4 is 11.6 Å². The lowest BCUT2D eigenvalue weighted by Gasteiger charge is -2.20. The monoisotopic (exact) mass is 305 g/mol. The van der Waals surface area contributed by atoms with Crippen molar-refractivity contribution in [3.63, 3.8) is 0 Å². The predicted octanol–water partition coefficient (Wildman–Crippen LogP) is 3.19. The molecule has 0 heterocycles. The van der Waals surface area contributed by atoms with Gasteiger partial charge in [0.15, 0.2) is 0 Å². The smallest absolute Gasteiger partial charge is 0.387 e. The number of hydrogen-bond donors (Lipinski definition) is 2. The van der Waals surface area contributed by atoms with E-state index in [-0.39, 0.29) is 24.3 Å². The summed E-state index contributed by atoms with van der Waals surface area (Å²) in [6.07, 6.45) is 3.04. The van der Waals surface area contributed by atoms with Gasteiger partial charge in [-0.1, -0.05) is 18.0 Å². The van der Waals surface area contributed by atoms with E-state index in [1.54, 1.807) is 6.07 Å². The lowest BCUT2D eigenvalue weighted by Crippen LogP contribution is -2.33. The molecule has 0 amide bonds. The molecule has 0 aromatic heterocycles. The first-order chi connectivity index (χ1) is 9.60. The van der Waals surface area contributed by atoms with Gasteiger partial charge < -0.3 is 15.2 Å². The molecule has 2 N–H and O–H groups in total. The molecule has 112 valence electrons. The van der Waals surface area contributed by atoms with Gasteiger partial charge in [-0.2, -0.15) is 8.78 Å². The van der Waals surface area contributed by atoms with Gasteiger partial charge in [-0.3, -0.25) is 0 Å². The fourth-order valence-electron chi connectivity index (χ4n) is 2.66. The minimum atomic E-state index is -2.86. The summed E-state index contributed by atoms with van der Waals surface area (Å²) in [5.74, 6) is 0.365. The van der Waals surface area contributed by atoms with Crippen LogP contribution in [0, 0.1) is 5.92 Å². The van der Waals surface area contributed by atoms with E-state index in [1.165, 1.54) is 12.1 Å². The summed E-state index contributed by atoms with van der Waals surface area (Å²) >= 11 is 5.89. The van der Waals surface area contributed by atoms with Gasteiger partial charge in [0.1, 0.15) is 5.75 Å². The van der Waals surface area contributed by atoms with Crippen molar-refractivity contribution in [1.29, 1.82) is 0 Å². The third-order valence-corrected chi connectivity index (χ3v) is 3.92. The first kappa shape index (κ1) is 15.5. The van der Waals surface area contributed by atoms with Crippen LogP contribution in [-0.4, -0.2) is 24.4 Å². The van der Waals surface area contributed by atoms with Gasteiger partial charge in [-0.25, -0.2) is 0 Å². The first-order valence-corrected chi connectivity index (χ1v) is 7.05. The molecular weight excluding hydrogens is 288 g/mol. The third kappa shape index (κ3) is 4.04. The van der Waals surface area contributed by atoms with E-state index >= 15 is 0 Å². The Morgan fingerprint density at radius 2 is 2.20 bits per heavy atom. The van der Waals surface area contributed by atoms with Crippen molar-refractivity contribution < 1.29 is 18.6 Å². The van der Waals surface area contributed by atoms with Crippen LogP contribution in [0.15, 0.2) is 18.2 Å². The van der Waals surface area contributed by atoms with Crippen molar-refractivity contribution in [2.24, 2.45) is 5.92 Å². The Labute approximate surface area is 121 Å². The number of alkyl halides is 2. The number of nitrogens with one attached hydrogen (secondary N) is 1. The van der Waals surface area contributed by atoms with Gasteiger partial charge >= 0.3 is 6.61 Å². The Bertz CT molecular complexity index is 445. The summed E-state index contributed by atoms with van der Waals surface area (Å²) in [5, 5.41) is 13.0. The molecule has 1 aliphatic carbocycles. The maximum absolute atomic E-state index is 12.4. The molecule has 0 spiro atoms. The Kier molecular flexibility index (Phi) is 5.57. The number of aliphatic hydroxyl groups excluding tert-OH is 1. The van der Waals surface area contributed by atoms with Gasteiger partial charge in [0.2, 0.25) is 0 Å². The minimum Gasteiger partial charge on any atom is -0.434 e. The molecule has 1 aliphatic rings. The number of ether oxygens (including phenoxy) is 1. The predicted molar refractivity (Wildman–Crippen MR) is 73.1 cm³/mol. The van der Waals surface area contributed by atoms with E-state index in [9.17, 15) is 13.9 Å². The van der Waals surface area contributed by atoms with Crippen LogP contribution in [0.1, 0.15) is 24.8 Å². The van der Waals surface area contributed by atoms with Crippen molar-refractivity contribution in [1.82, 2.24) is 5.32 Å². The average molecular weight is 306 g/mol. The summed E-state index contributed by atoms with van der Waals surface area (Å²) in [6, 6.07) is 4.80. The van der Waals surface area contributed by atoms with Crippen LogP contribution < -0.4 is 10.1 Å². The van der Waals surface area contributed by atoms with E-state index < -0.39 is 6.61 Å². The van der Waals surface area contributed by atoms with Gasteiger partial charge in [0.05, 0.1) is 0 Å². The number of hydrogen-bond acceptors (Lipinski definition) is 3. The van der Waals surface area contributed by atoms with Crippen LogP contribution in [0.3, 0.4) is 0 Å². The molecule has 2 atom stereocenters. The van der Waals surface area contributed by atoms with E-state index in [2.05, 4.69) is 10.1 Å². The molecule has 6 heteroatoms. The van der Waals surface area contributed by atoms with E-state index in [0.717, 1.165) is 19.3 Å². The van der Waals surface area contributed by atoms with Crippen molar-refractivity contribution in [2.75, 3.05) is 6.61 Å². The van der Waals surface area contributed by atoms with Crippen LogP contribution in [0.4, 0.5) is 8.78 Å². The lowest BCUT2D eigenvalue weighted by molar-refractivity contribution is -0.0505. The molecule has 1 saturated carbocycles. The standard InChI is InChI=1S/C14H18ClF2NO2/c15-11-4-5-13(20-14(16)17)10(6-11)7-18-12-3-1-2-9(12)8-19/h4-6,9,12,14,18-19H,1-3,7-8H2. The van der Waals surface area contributed by atoms with Gasteiger partial charge in [0, 0.05) is 29.8 Å². The summed E-state index contributed by atoms with van der Waals surface area (Å²) in [5.41, 5.74) is 0.599. The Balaban J connectivity index is 2.02. The zero-order valence-corrected chi connectivity index (χ0v) is 11.7. The van der Waals surface area contributed by atoms with Crippen molar-refractivity contribution in [2.45, 2.75) is 38.5 Å². The topological polar surface area (TPSA) is 41.5 Å². The van der Waals surface area contributed by atoms with E-state index in [4.69, 9.17) is 11.6 Å². The summed E-state index contributed by atoms with van der Waals surface area (Å²) in [7, 11) is 0. The average Bonchev–Trinajstić information content (AvgIpc) is 2.86. The van der Waals surface area contributed by atoms with Crippen LogP contribution in [0.2, 0.25) is 5.02 Å². The Morgan fingerprint density at radius 3 is 2.90 bits per heavy atom. The highest BCUT2D eigenvalue weighted by Gasteiger charge is 2.26. The van der Waals surface area contributed by atoms with Crippen molar-refractivity contribution in [3.8, 4) is 5.75 Å². The zero-order valence-electron chi connectivity index (χ0n) is 11.0. The maximum atomic E-state index is 12.4. The first-order valence-electron chi connectivity index (χ1n) is 6.67. The maximum Gasteiger partial charge on any atom is 0.387 e. The van der Waals surface area contributed by atoms with Crippen LogP contribution in [-0.2, 0) is 6.54 Å². The zero-order chi connectivity index (χ0) is 14.5. The molecule has 2 unspecified atom stereocenters. The quantitative estimate of drug-likeness (QED) is 0.848. The summed E-state index contributed by atoms with van der Waals surface area (Å²) in [4.78, 5) is 0. The number of aliphatic hydroxyl groups is 1. The molecule has 1 aromatic rings. The molecule has 20 heavy (non-hydrogen) atoms. The summed E-state index contributed by atoms with van der Waals surface area (Å²) < 4.78 is 29.2. The van der Waals surface area contributed by atoms with Crippen molar-refractivity contribution in [3.05, 3.63) is 28.8 Å². The SMILES string of the molecule is OCC1CCCC1NCc1cc(Cl)ccc1OC(F)F. The fraction of sp³-hybridized carbons (Fsp3) is 0.571. The molecule has 0 aliphatic heterocycles. The lowest BCUT2D eigenvalue weighted by atomic mass is 10.0. The number of rotatable bonds is 6. The van der Waals surface area contributed by atoms with Crippen LogP contribution in [0.25, 0.3) is 0 Å². The molecule has 1 fully saturated rings. The third-order valence-electron chi connectivity index (χ3n) is 3.69. The minimum absolute atomic E-state index is 0.135. The second kappa shape index (κ2) is 7.20. The highest BCUT2D eigenvalue weighted by Crippen LogP contribution is 2.28. The molecule has 3 nitrogen and oxygen atoms in total. The summed E-state index contributed by atoms with van der Waals surface area (Å²) in [6.45, 7) is -2.32. The normalized spacial score (nSPS) is 22.4. The second-order valence-corrected chi connectivity index (χ2v) is 5.43. The Morgan fingerprint density at radius 1 is 1.40 bits per heavy atom. The second-order valence-electron chi connectivity index (χ2n) is 4.99. The molecule has 2 rings (SSSR count). The molecule has 0 radical (unpaired) electrons. The number of halogens is 3. The molecule has 0 bridgehead atoms. The van der Waals surface area contributed by atoms with Crippen LogP contribution in [0.5, 0.6) is 5.75 Å². The number of benzene rings is 1. The Hall–Kier alpha value is -0.910. The van der Waals surface area contributed by atoms with Gasteiger partial charge in [-0.15, -0.1) is 0 Å². The highest BCUT2D eigenvalue weighted by molar-refractivity contribution is 6.30. The van der Waals surface area contributed by atoms with E-state index in [1.807, 2.05) is 0 Å². The molecule has 0 saturated heterocycles. The van der Waals surface area contributed by atoms with E-state index in [0.29, 0.717) is 17.1 Å². The fourth-order valence-corrected chi connectivity index (χ4v) is 2.86. The highest BCUT2D eigenvalue weighted by atomic mass is 35.5. The van der Waals surface area contributed by atoms with Gasteiger partial charge in [0.25, 0.3) is 0 Å². The van der Waals surface area contributed by atoms with Gasteiger partial charge in [-0.05, 0) is 37.0 Å². The molecule has 1 aromatic carbocycles. The largest absolute Gasteiger partial charge is 0.434 e. The molecular formula is C14H18ClF2NO2. The van der Waals surface area contributed by atoms with Crippen LogP contribution >= 0.6 is 11.6 Å².